The first kappa shape index (κ1) is 18.3. The first-order valence-corrected chi connectivity index (χ1v) is 8.97. The molecule has 26 heavy (non-hydrogen) atoms. The molecule has 1 aromatic heterocycles. The van der Waals surface area contributed by atoms with Crippen molar-refractivity contribution in [2.75, 3.05) is 25.5 Å². The minimum absolute atomic E-state index is 0.0680. The summed E-state index contributed by atoms with van der Waals surface area (Å²) in [5.41, 5.74) is 1.97. The van der Waals surface area contributed by atoms with E-state index in [1.807, 2.05) is 6.92 Å². The predicted octanol–water partition coefficient (Wildman–Crippen LogP) is 3.22. The van der Waals surface area contributed by atoms with Gasteiger partial charge in [-0.25, -0.2) is 9.97 Å². The standard InChI is InChI=1S/C19H21ClN4O2/c1-12-8-15(20)5-6-16(12)17(25)13-4-3-7-24(11-13)18(26)14-9-22-19(21-2)23-10-14/h5-6,8-10,13H,3-4,7,11H2,1-2H3,(H,21,22,23). The predicted molar refractivity (Wildman–Crippen MR) is 101 cm³/mol. The molecule has 1 aliphatic rings. The van der Waals surface area contributed by atoms with Crippen LogP contribution in [0.1, 0.15) is 39.1 Å². The molecule has 7 heteroatoms. The molecule has 0 bridgehead atoms. The number of halogens is 1. The highest BCUT2D eigenvalue weighted by molar-refractivity contribution is 6.30. The van der Waals surface area contributed by atoms with E-state index in [0.29, 0.717) is 35.2 Å². The van der Waals surface area contributed by atoms with Crippen LogP contribution in [0.5, 0.6) is 0 Å². The molecule has 0 aliphatic carbocycles. The molecule has 0 spiro atoms. The van der Waals surface area contributed by atoms with Gasteiger partial charge in [-0.1, -0.05) is 11.6 Å². The molecular formula is C19H21ClN4O2. The average Bonchev–Trinajstić information content (AvgIpc) is 2.67. The van der Waals surface area contributed by atoms with Crippen molar-refractivity contribution in [2.45, 2.75) is 19.8 Å². The van der Waals surface area contributed by atoms with Crippen LogP contribution < -0.4 is 5.32 Å². The van der Waals surface area contributed by atoms with Gasteiger partial charge >= 0.3 is 0 Å². The fourth-order valence-corrected chi connectivity index (χ4v) is 3.48. The van der Waals surface area contributed by atoms with E-state index in [1.54, 1.807) is 30.1 Å². The number of carbonyl (C=O) groups is 2. The van der Waals surface area contributed by atoms with Crippen LogP contribution in [0.15, 0.2) is 30.6 Å². The van der Waals surface area contributed by atoms with Crippen LogP contribution >= 0.6 is 11.6 Å². The smallest absolute Gasteiger partial charge is 0.257 e. The second-order valence-corrected chi connectivity index (χ2v) is 6.90. The van der Waals surface area contributed by atoms with Crippen molar-refractivity contribution >= 4 is 29.2 Å². The van der Waals surface area contributed by atoms with Gasteiger partial charge in [-0.05, 0) is 43.5 Å². The Hall–Kier alpha value is -2.47. The molecule has 1 amide bonds. The van der Waals surface area contributed by atoms with E-state index in [4.69, 9.17) is 11.6 Å². The van der Waals surface area contributed by atoms with Crippen LogP contribution in [0.4, 0.5) is 5.95 Å². The quantitative estimate of drug-likeness (QED) is 0.834. The molecule has 3 rings (SSSR count). The lowest BCUT2D eigenvalue weighted by atomic mass is 9.88. The Bertz CT molecular complexity index is 823. The van der Waals surface area contributed by atoms with Gasteiger partial charge in [0.2, 0.25) is 5.95 Å². The number of hydrogen-bond acceptors (Lipinski definition) is 5. The van der Waals surface area contributed by atoms with Gasteiger partial charge in [-0.3, -0.25) is 9.59 Å². The van der Waals surface area contributed by atoms with Gasteiger partial charge in [0.15, 0.2) is 5.78 Å². The number of benzene rings is 1. The third kappa shape index (κ3) is 3.85. The Balaban J connectivity index is 1.73. The number of likely N-dealkylation sites (tertiary alicyclic amines) is 1. The van der Waals surface area contributed by atoms with E-state index in [9.17, 15) is 9.59 Å². The highest BCUT2D eigenvalue weighted by Gasteiger charge is 2.30. The summed E-state index contributed by atoms with van der Waals surface area (Å²) in [6.07, 6.45) is 4.59. The molecule has 1 aliphatic heterocycles. The van der Waals surface area contributed by atoms with Crippen molar-refractivity contribution in [3.8, 4) is 0 Å². The molecule has 2 heterocycles. The van der Waals surface area contributed by atoms with E-state index in [1.165, 1.54) is 12.4 Å². The number of aryl methyl sites for hydroxylation is 1. The largest absolute Gasteiger partial charge is 0.357 e. The second-order valence-electron chi connectivity index (χ2n) is 6.46. The Labute approximate surface area is 157 Å². The fraction of sp³-hybridized carbons (Fsp3) is 0.368. The van der Waals surface area contributed by atoms with E-state index < -0.39 is 0 Å². The highest BCUT2D eigenvalue weighted by Crippen LogP contribution is 2.25. The maximum atomic E-state index is 12.9. The zero-order chi connectivity index (χ0) is 18.7. The van der Waals surface area contributed by atoms with Crippen molar-refractivity contribution in [1.29, 1.82) is 0 Å². The average molecular weight is 373 g/mol. The van der Waals surface area contributed by atoms with Crippen molar-refractivity contribution in [3.05, 3.63) is 52.3 Å². The summed E-state index contributed by atoms with van der Waals surface area (Å²) in [5, 5.41) is 3.44. The first-order valence-electron chi connectivity index (χ1n) is 8.59. The molecule has 2 aromatic rings. The summed E-state index contributed by atoms with van der Waals surface area (Å²) in [6, 6.07) is 5.29. The number of nitrogens with zero attached hydrogens (tertiary/aromatic N) is 3. The Morgan fingerprint density at radius 2 is 2.00 bits per heavy atom. The number of nitrogens with one attached hydrogen (secondary N) is 1. The molecule has 1 unspecified atom stereocenters. The van der Waals surface area contributed by atoms with Crippen LogP contribution in [0, 0.1) is 12.8 Å². The lowest BCUT2D eigenvalue weighted by molar-refractivity contribution is 0.0636. The topological polar surface area (TPSA) is 75.2 Å². The third-order valence-corrected chi connectivity index (χ3v) is 4.89. The molecule has 1 fully saturated rings. The molecule has 1 aromatic carbocycles. The number of rotatable bonds is 4. The van der Waals surface area contributed by atoms with E-state index in [0.717, 1.165) is 18.4 Å². The zero-order valence-corrected chi connectivity index (χ0v) is 15.6. The first-order chi connectivity index (χ1) is 12.5. The third-order valence-electron chi connectivity index (χ3n) is 4.66. The monoisotopic (exact) mass is 372 g/mol. The van der Waals surface area contributed by atoms with Crippen molar-refractivity contribution in [1.82, 2.24) is 14.9 Å². The number of ketones is 1. The van der Waals surface area contributed by atoms with Gasteiger partial charge in [-0.2, -0.15) is 0 Å². The lowest BCUT2D eigenvalue weighted by Crippen LogP contribution is -2.42. The van der Waals surface area contributed by atoms with Crippen molar-refractivity contribution in [2.24, 2.45) is 5.92 Å². The van der Waals surface area contributed by atoms with E-state index >= 15 is 0 Å². The maximum absolute atomic E-state index is 12.9. The van der Waals surface area contributed by atoms with Crippen LogP contribution in [0.3, 0.4) is 0 Å². The Kier molecular flexibility index (Phi) is 5.52. The summed E-state index contributed by atoms with van der Waals surface area (Å²) < 4.78 is 0. The molecular weight excluding hydrogens is 352 g/mol. The molecule has 136 valence electrons. The Morgan fingerprint density at radius 3 is 2.65 bits per heavy atom. The van der Waals surface area contributed by atoms with Crippen molar-refractivity contribution in [3.63, 3.8) is 0 Å². The number of Topliss-reactive ketones (excluding diaryl/α,β-unsaturated/α-hetero) is 1. The summed E-state index contributed by atoms with van der Waals surface area (Å²) >= 11 is 5.98. The molecule has 0 saturated carbocycles. The second kappa shape index (κ2) is 7.83. The molecule has 0 radical (unpaired) electrons. The van der Waals surface area contributed by atoms with Gasteiger partial charge in [-0.15, -0.1) is 0 Å². The number of carbonyl (C=O) groups excluding carboxylic acids is 2. The fourth-order valence-electron chi connectivity index (χ4n) is 3.25. The summed E-state index contributed by atoms with van der Waals surface area (Å²) in [4.78, 5) is 35.5. The van der Waals surface area contributed by atoms with Gasteiger partial charge in [0, 0.05) is 49.0 Å². The molecule has 1 N–H and O–H groups in total. The van der Waals surface area contributed by atoms with Crippen LogP contribution in [-0.2, 0) is 0 Å². The summed E-state index contributed by atoms with van der Waals surface area (Å²) in [7, 11) is 1.72. The maximum Gasteiger partial charge on any atom is 0.257 e. The number of aromatic nitrogens is 2. The minimum atomic E-state index is -0.204. The molecule has 1 atom stereocenters. The van der Waals surface area contributed by atoms with E-state index in [2.05, 4.69) is 15.3 Å². The minimum Gasteiger partial charge on any atom is -0.357 e. The van der Waals surface area contributed by atoms with Crippen LogP contribution in [-0.4, -0.2) is 46.7 Å². The highest BCUT2D eigenvalue weighted by atomic mass is 35.5. The van der Waals surface area contributed by atoms with Gasteiger partial charge in [0.1, 0.15) is 0 Å². The lowest BCUT2D eigenvalue weighted by Gasteiger charge is -2.32. The zero-order valence-electron chi connectivity index (χ0n) is 14.8. The summed E-state index contributed by atoms with van der Waals surface area (Å²) in [5.74, 6) is 0.188. The van der Waals surface area contributed by atoms with Crippen LogP contribution in [0.25, 0.3) is 0 Å². The van der Waals surface area contributed by atoms with Gasteiger partial charge in [0.05, 0.1) is 5.56 Å². The SMILES string of the molecule is CNc1ncc(C(=O)N2CCCC(C(=O)c3ccc(Cl)cc3C)C2)cn1. The molecule has 1 saturated heterocycles. The van der Waals surface area contributed by atoms with Gasteiger partial charge in [0.25, 0.3) is 5.91 Å². The Morgan fingerprint density at radius 1 is 1.27 bits per heavy atom. The summed E-state index contributed by atoms with van der Waals surface area (Å²) in [6.45, 7) is 2.93. The van der Waals surface area contributed by atoms with E-state index in [-0.39, 0.29) is 17.6 Å². The number of piperidine rings is 1. The number of hydrogen-bond donors (Lipinski definition) is 1. The number of amides is 1. The van der Waals surface area contributed by atoms with Gasteiger partial charge < -0.3 is 10.2 Å². The molecule has 6 nitrogen and oxygen atoms in total. The normalized spacial score (nSPS) is 17.0. The van der Waals surface area contributed by atoms with Crippen molar-refractivity contribution < 1.29 is 9.59 Å². The van der Waals surface area contributed by atoms with Crippen LogP contribution in [0.2, 0.25) is 5.02 Å². The number of anilines is 1.